The highest BCUT2D eigenvalue weighted by Crippen LogP contribution is 2.24. The Labute approximate surface area is 102 Å². The molecule has 0 aliphatic carbocycles. The van der Waals surface area contributed by atoms with Gasteiger partial charge in [-0.15, -0.1) is 0 Å². The molecule has 0 N–H and O–H groups in total. The Balaban J connectivity index is 2.59. The minimum atomic E-state index is -0.539. The summed E-state index contributed by atoms with van der Waals surface area (Å²) in [6.07, 6.45) is 0.574. The van der Waals surface area contributed by atoms with Crippen LogP contribution in [0.15, 0.2) is 24.3 Å². The van der Waals surface area contributed by atoms with Crippen molar-refractivity contribution < 1.29 is 8.78 Å². The zero-order valence-electron chi connectivity index (χ0n) is 9.04. The smallest absolute Gasteiger partial charge is 0.133 e. The lowest BCUT2D eigenvalue weighted by Gasteiger charge is -2.05. The Morgan fingerprint density at radius 3 is 2.65 bits per heavy atom. The van der Waals surface area contributed by atoms with E-state index in [4.69, 9.17) is 11.6 Å². The first-order valence-electron chi connectivity index (χ1n) is 5.09. The van der Waals surface area contributed by atoms with Gasteiger partial charge < -0.3 is 0 Å². The van der Waals surface area contributed by atoms with E-state index < -0.39 is 11.6 Å². The first kappa shape index (κ1) is 11.9. The lowest BCUT2D eigenvalue weighted by atomic mass is 10.1. The lowest BCUT2D eigenvalue weighted by Crippen LogP contribution is -1.97. The number of halogens is 3. The van der Waals surface area contributed by atoms with E-state index in [0.717, 1.165) is 18.2 Å². The zero-order chi connectivity index (χ0) is 12.4. The third-order valence-corrected chi connectivity index (χ3v) is 2.46. The summed E-state index contributed by atoms with van der Waals surface area (Å²) in [6.45, 7) is 1.86. The molecule has 1 heterocycles. The van der Waals surface area contributed by atoms with Crippen LogP contribution in [0.25, 0.3) is 11.3 Å². The zero-order valence-corrected chi connectivity index (χ0v) is 9.80. The minimum absolute atomic E-state index is 0.0870. The Morgan fingerprint density at radius 2 is 1.94 bits per heavy atom. The van der Waals surface area contributed by atoms with Crippen molar-refractivity contribution in [3.63, 3.8) is 0 Å². The van der Waals surface area contributed by atoms with E-state index in [0.29, 0.717) is 17.9 Å². The van der Waals surface area contributed by atoms with Crippen molar-refractivity contribution in [1.29, 1.82) is 0 Å². The van der Waals surface area contributed by atoms with Crippen molar-refractivity contribution >= 4 is 11.6 Å². The summed E-state index contributed by atoms with van der Waals surface area (Å²) in [6, 6.07) is 4.63. The molecule has 2 nitrogen and oxygen atoms in total. The average Bonchev–Trinajstić information content (AvgIpc) is 2.31. The minimum Gasteiger partial charge on any atom is -0.233 e. The van der Waals surface area contributed by atoms with Gasteiger partial charge in [-0.1, -0.05) is 18.5 Å². The van der Waals surface area contributed by atoms with Crippen LogP contribution in [0, 0.1) is 11.6 Å². The average molecular weight is 255 g/mol. The summed E-state index contributed by atoms with van der Waals surface area (Å²) in [4.78, 5) is 8.09. The summed E-state index contributed by atoms with van der Waals surface area (Å²) in [7, 11) is 0. The predicted octanol–water partition coefficient (Wildman–Crippen LogP) is 3.64. The van der Waals surface area contributed by atoms with Gasteiger partial charge in [-0.25, -0.2) is 18.7 Å². The van der Waals surface area contributed by atoms with Crippen LogP contribution in [-0.4, -0.2) is 9.97 Å². The van der Waals surface area contributed by atoms with Gasteiger partial charge in [-0.05, 0) is 18.2 Å². The number of hydrogen-bond donors (Lipinski definition) is 0. The first-order chi connectivity index (χ1) is 8.10. The maximum Gasteiger partial charge on any atom is 0.133 e. The number of benzene rings is 1. The van der Waals surface area contributed by atoms with Crippen LogP contribution >= 0.6 is 11.6 Å². The van der Waals surface area contributed by atoms with Gasteiger partial charge in [0.15, 0.2) is 0 Å². The summed E-state index contributed by atoms with van der Waals surface area (Å²) < 4.78 is 26.6. The molecule has 0 aliphatic heterocycles. The number of nitrogens with zero attached hydrogens (tertiary/aromatic N) is 2. The van der Waals surface area contributed by atoms with Crippen molar-refractivity contribution in [1.82, 2.24) is 9.97 Å². The van der Waals surface area contributed by atoms with Gasteiger partial charge in [0.05, 0.1) is 5.69 Å². The number of aryl methyl sites for hydroxylation is 1. The topological polar surface area (TPSA) is 25.8 Å². The number of aromatic nitrogens is 2. The lowest BCUT2D eigenvalue weighted by molar-refractivity contribution is 0.602. The number of hydrogen-bond acceptors (Lipinski definition) is 2. The largest absolute Gasteiger partial charge is 0.233 e. The fourth-order valence-corrected chi connectivity index (χ4v) is 1.66. The highest BCUT2D eigenvalue weighted by atomic mass is 35.5. The van der Waals surface area contributed by atoms with Crippen molar-refractivity contribution in [3.8, 4) is 11.3 Å². The molecule has 1 aromatic heterocycles. The molecule has 2 aromatic rings. The van der Waals surface area contributed by atoms with Crippen molar-refractivity contribution in [3.05, 3.63) is 46.9 Å². The van der Waals surface area contributed by atoms with Crippen LogP contribution in [0.3, 0.4) is 0 Å². The molecular formula is C12H9ClF2N2. The quantitative estimate of drug-likeness (QED) is 0.765. The van der Waals surface area contributed by atoms with E-state index in [9.17, 15) is 8.78 Å². The van der Waals surface area contributed by atoms with Gasteiger partial charge in [-0.2, -0.15) is 0 Å². The molecule has 0 radical (unpaired) electrons. The molecule has 0 aliphatic rings. The van der Waals surface area contributed by atoms with Crippen molar-refractivity contribution in [2.24, 2.45) is 0 Å². The normalized spacial score (nSPS) is 10.6. The molecule has 0 fully saturated rings. The molecule has 1 aromatic carbocycles. The van der Waals surface area contributed by atoms with Crippen LogP contribution in [0.4, 0.5) is 8.78 Å². The highest BCUT2D eigenvalue weighted by molar-refractivity contribution is 6.29. The summed E-state index contributed by atoms with van der Waals surface area (Å²) in [5.41, 5.74) is 0.378. The molecule has 2 rings (SSSR count). The molecule has 0 spiro atoms. The molecule has 0 atom stereocenters. The van der Waals surface area contributed by atoms with Gasteiger partial charge >= 0.3 is 0 Å². The summed E-state index contributed by atoms with van der Waals surface area (Å²) in [5, 5.41) is 0.218. The highest BCUT2D eigenvalue weighted by Gasteiger charge is 2.10. The summed E-state index contributed by atoms with van der Waals surface area (Å²) in [5.74, 6) is -0.562. The summed E-state index contributed by atoms with van der Waals surface area (Å²) >= 11 is 5.80. The maximum atomic E-state index is 13.6. The molecule has 5 heteroatoms. The van der Waals surface area contributed by atoms with Crippen LogP contribution in [0.1, 0.15) is 12.7 Å². The Bertz CT molecular complexity index is 558. The Morgan fingerprint density at radius 1 is 1.18 bits per heavy atom. The molecule has 0 saturated carbocycles. The Kier molecular flexibility index (Phi) is 3.33. The third kappa shape index (κ3) is 2.58. The fourth-order valence-electron chi connectivity index (χ4n) is 1.45. The SMILES string of the molecule is CCc1nc(Cl)cc(-c2cc(F)ccc2F)n1. The van der Waals surface area contributed by atoms with Crippen LogP contribution in [0.2, 0.25) is 5.15 Å². The molecule has 0 unspecified atom stereocenters. The molecule has 0 amide bonds. The second-order valence-electron chi connectivity index (χ2n) is 3.47. The van der Waals surface area contributed by atoms with E-state index in [2.05, 4.69) is 9.97 Å². The standard InChI is InChI=1S/C12H9ClF2N2/c1-2-12-16-10(6-11(13)17-12)8-5-7(14)3-4-9(8)15/h3-6H,2H2,1H3. The second kappa shape index (κ2) is 4.75. The van der Waals surface area contributed by atoms with Crippen LogP contribution in [0.5, 0.6) is 0 Å². The predicted molar refractivity (Wildman–Crippen MR) is 61.8 cm³/mol. The maximum absolute atomic E-state index is 13.6. The van der Waals surface area contributed by atoms with E-state index in [1.54, 1.807) is 0 Å². The van der Waals surface area contributed by atoms with E-state index in [-0.39, 0.29) is 10.7 Å². The van der Waals surface area contributed by atoms with E-state index in [1.807, 2.05) is 6.92 Å². The number of rotatable bonds is 2. The van der Waals surface area contributed by atoms with Gasteiger partial charge in [0.2, 0.25) is 0 Å². The molecule has 0 bridgehead atoms. The van der Waals surface area contributed by atoms with E-state index in [1.165, 1.54) is 6.07 Å². The van der Waals surface area contributed by atoms with Gasteiger partial charge in [0.25, 0.3) is 0 Å². The fraction of sp³-hybridized carbons (Fsp3) is 0.167. The van der Waals surface area contributed by atoms with Crippen molar-refractivity contribution in [2.75, 3.05) is 0 Å². The molecular weight excluding hydrogens is 246 g/mol. The van der Waals surface area contributed by atoms with Crippen LogP contribution in [-0.2, 0) is 6.42 Å². The molecule has 17 heavy (non-hydrogen) atoms. The van der Waals surface area contributed by atoms with Gasteiger partial charge in [-0.3, -0.25) is 0 Å². The molecule has 0 saturated heterocycles. The molecule has 88 valence electrons. The van der Waals surface area contributed by atoms with Crippen LogP contribution < -0.4 is 0 Å². The monoisotopic (exact) mass is 254 g/mol. The first-order valence-corrected chi connectivity index (χ1v) is 5.47. The Hall–Kier alpha value is -1.55. The van der Waals surface area contributed by atoms with E-state index >= 15 is 0 Å². The third-order valence-electron chi connectivity index (χ3n) is 2.26. The van der Waals surface area contributed by atoms with Crippen molar-refractivity contribution in [2.45, 2.75) is 13.3 Å². The second-order valence-corrected chi connectivity index (χ2v) is 3.86. The van der Waals surface area contributed by atoms with Gasteiger partial charge in [0, 0.05) is 18.1 Å². The van der Waals surface area contributed by atoms with Gasteiger partial charge in [0.1, 0.15) is 22.6 Å².